The zero-order valence-electron chi connectivity index (χ0n) is 3.53. The van der Waals surface area contributed by atoms with Crippen LogP contribution in [0.4, 0.5) is 0 Å². The molecule has 0 unspecified atom stereocenters. The predicted molar refractivity (Wildman–Crippen MR) is 22.4 cm³/mol. The number of hydrogen-bond acceptors (Lipinski definition) is 5. The van der Waals surface area contributed by atoms with Crippen LogP contribution in [-0.2, 0) is 15.0 Å². The maximum absolute atomic E-state index is 3.73. The molecule has 0 aliphatic rings. The number of nitrogens with zero attached hydrogens (tertiary/aromatic N) is 2. The molecule has 0 N–H and O–H groups in total. The van der Waals surface area contributed by atoms with Crippen LogP contribution in [0, 0.1) is 0 Å². The second-order valence-electron chi connectivity index (χ2n) is 0.475. The van der Waals surface area contributed by atoms with Gasteiger partial charge in [0.15, 0.2) is 0 Å². The highest BCUT2D eigenvalue weighted by Gasteiger charge is 1.72. The van der Waals surface area contributed by atoms with Gasteiger partial charge in [0.1, 0.15) is 0 Å². The Kier molecular flexibility index (Phi) is 4.13. The lowest BCUT2D eigenvalue weighted by molar-refractivity contribution is -0.515. The lowest BCUT2D eigenvalue weighted by atomic mass is 11.8. The Hall–Kier alpha value is -1.10. The van der Waals surface area contributed by atoms with Gasteiger partial charge in [0.25, 0.3) is 0 Å². The van der Waals surface area contributed by atoms with Crippen LogP contribution in [0.1, 0.15) is 0 Å². The van der Waals surface area contributed by atoms with Crippen LogP contribution in [0.15, 0.2) is 10.3 Å². The molecule has 0 aromatic carbocycles. The van der Waals surface area contributed by atoms with Gasteiger partial charge in [0.05, 0.1) is 5.04 Å². The van der Waals surface area contributed by atoms with Crippen molar-refractivity contribution < 1.29 is 15.0 Å². The minimum atomic E-state index is 2.79. The third-order valence-electron chi connectivity index (χ3n) is 0.166. The van der Waals surface area contributed by atoms with Crippen LogP contribution in [-0.4, -0.2) is 13.4 Å². The number of rotatable bonds is 4. The Labute approximate surface area is 40.0 Å². The molecule has 0 bridgehead atoms. The van der Waals surface area contributed by atoms with Gasteiger partial charge >= 0.3 is 0 Å². The van der Waals surface area contributed by atoms with Crippen LogP contribution in [0.25, 0.3) is 0 Å². The third-order valence-corrected chi connectivity index (χ3v) is 0.166. The SMILES string of the molecule is C=NOOON=C. The molecule has 0 amide bonds. The Morgan fingerprint density at radius 2 is 1.43 bits per heavy atom. The second-order valence-corrected chi connectivity index (χ2v) is 0.475. The lowest BCUT2D eigenvalue weighted by Gasteiger charge is -1.86. The summed E-state index contributed by atoms with van der Waals surface area (Å²) in [5, 5.41) is 9.25. The molecule has 0 aliphatic carbocycles. The van der Waals surface area contributed by atoms with E-state index in [0.29, 0.717) is 0 Å². The number of hydrogen-bond donors (Lipinski definition) is 0. The van der Waals surface area contributed by atoms with Crippen LogP contribution < -0.4 is 0 Å². The molecule has 0 fully saturated rings. The van der Waals surface area contributed by atoms with Gasteiger partial charge in [-0.25, -0.2) is 0 Å². The summed E-state index contributed by atoms with van der Waals surface area (Å²) in [6.07, 6.45) is 0. The first-order chi connectivity index (χ1) is 3.41. The van der Waals surface area contributed by atoms with Gasteiger partial charge in [-0.1, -0.05) is 10.3 Å². The summed E-state index contributed by atoms with van der Waals surface area (Å²) in [5.74, 6) is 0. The van der Waals surface area contributed by atoms with Crippen molar-refractivity contribution in [3.05, 3.63) is 0 Å². The lowest BCUT2D eigenvalue weighted by Crippen LogP contribution is -1.81. The normalized spacial score (nSPS) is 6.86. The highest BCUT2D eigenvalue weighted by atomic mass is 17.6. The Balaban J connectivity index is 2.68. The molecule has 0 aliphatic heterocycles. The molecule has 0 spiro atoms. The van der Waals surface area contributed by atoms with E-state index in [1.165, 1.54) is 0 Å². The van der Waals surface area contributed by atoms with Gasteiger partial charge in [-0.15, -0.1) is 0 Å². The van der Waals surface area contributed by atoms with Gasteiger partial charge in [-0.05, 0) is 0 Å². The highest BCUT2D eigenvalue weighted by Crippen LogP contribution is 1.77. The van der Waals surface area contributed by atoms with Crippen LogP contribution >= 0.6 is 0 Å². The molecule has 0 rings (SSSR count). The van der Waals surface area contributed by atoms with E-state index in [4.69, 9.17) is 0 Å². The van der Waals surface area contributed by atoms with Crippen molar-refractivity contribution >= 4 is 13.4 Å². The van der Waals surface area contributed by atoms with Crippen LogP contribution in [0.2, 0.25) is 0 Å². The maximum atomic E-state index is 3.73. The average molecular weight is 104 g/mol. The summed E-state index contributed by atoms with van der Waals surface area (Å²) < 4.78 is 0. The first kappa shape index (κ1) is 5.90. The molecule has 0 radical (unpaired) electrons. The molecule has 0 aromatic heterocycles. The zero-order chi connectivity index (χ0) is 5.54. The summed E-state index contributed by atoms with van der Waals surface area (Å²) in [5.41, 5.74) is 0. The Morgan fingerprint density at radius 3 is 1.71 bits per heavy atom. The molecule has 0 aromatic rings. The highest BCUT2D eigenvalue weighted by molar-refractivity contribution is 5.21. The summed E-state index contributed by atoms with van der Waals surface area (Å²) in [7, 11) is 0. The van der Waals surface area contributed by atoms with Crippen molar-refractivity contribution in [1.82, 2.24) is 0 Å². The third kappa shape index (κ3) is 4.90. The molecular formula is C2H4N2O3. The van der Waals surface area contributed by atoms with E-state index in [9.17, 15) is 0 Å². The van der Waals surface area contributed by atoms with Crippen LogP contribution in [0.5, 0.6) is 0 Å². The fraction of sp³-hybridized carbons (Fsp3) is 0. The Bertz CT molecular complexity index is 56.0. The predicted octanol–water partition coefficient (Wildman–Crippen LogP) is 0.0974. The molecule has 0 saturated heterocycles. The largest absolute Gasteiger partial charge is 0.178 e. The van der Waals surface area contributed by atoms with E-state index in [1.54, 1.807) is 0 Å². The van der Waals surface area contributed by atoms with E-state index in [0.717, 1.165) is 0 Å². The first-order valence-corrected chi connectivity index (χ1v) is 1.33. The molecular weight excluding hydrogens is 100 g/mol. The number of oxime groups is 2. The van der Waals surface area contributed by atoms with Gasteiger partial charge in [0, 0.05) is 13.4 Å². The monoisotopic (exact) mass is 104 g/mol. The Morgan fingerprint density at radius 1 is 1.00 bits per heavy atom. The molecule has 5 nitrogen and oxygen atoms in total. The van der Waals surface area contributed by atoms with Crippen molar-refractivity contribution in [3.63, 3.8) is 0 Å². The fourth-order valence-electron chi connectivity index (χ4n) is 0.0566. The molecule has 0 saturated carbocycles. The molecule has 5 heteroatoms. The van der Waals surface area contributed by atoms with Crippen molar-refractivity contribution in [2.45, 2.75) is 0 Å². The topological polar surface area (TPSA) is 52.4 Å². The van der Waals surface area contributed by atoms with Gasteiger partial charge in [0.2, 0.25) is 0 Å². The standard InChI is InChI=1S/C2H4N2O3/c1-3-5-7-6-4-2/h1-2H2. The average Bonchev–Trinajstić information content (AvgIpc) is 1.69. The summed E-state index contributed by atoms with van der Waals surface area (Å²) in [6, 6.07) is 0. The van der Waals surface area contributed by atoms with Crippen molar-refractivity contribution in [2.75, 3.05) is 0 Å². The summed E-state index contributed by atoms with van der Waals surface area (Å²) in [6.45, 7) is 5.79. The van der Waals surface area contributed by atoms with Crippen molar-refractivity contribution in [3.8, 4) is 0 Å². The van der Waals surface area contributed by atoms with Crippen LogP contribution in [0.3, 0.4) is 0 Å². The smallest absolute Gasteiger partial charge is 0.0872 e. The van der Waals surface area contributed by atoms with Crippen molar-refractivity contribution in [2.24, 2.45) is 10.3 Å². The maximum Gasteiger partial charge on any atom is 0.0872 e. The minimum absolute atomic E-state index is 2.79. The summed E-state index contributed by atoms with van der Waals surface area (Å²) in [4.78, 5) is 7.46. The van der Waals surface area contributed by atoms with Crippen molar-refractivity contribution in [1.29, 1.82) is 0 Å². The van der Waals surface area contributed by atoms with E-state index in [-0.39, 0.29) is 0 Å². The first-order valence-electron chi connectivity index (χ1n) is 1.33. The van der Waals surface area contributed by atoms with E-state index >= 15 is 0 Å². The van der Waals surface area contributed by atoms with Gasteiger partial charge in [-0.3, -0.25) is 0 Å². The second kappa shape index (κ2) is 4.90. The van der Waals surface area contributed by atoms with Gasteiger partial charge < -0.3 is 0 Å². The van der Waals surface area contributed by atoms with E-state index in [2.05, 4.69) is 38.8 Å². The van der Waals surface area contributed by atoms with E-state index in [1.807, 2.05) is 0 Å². The van der Waals surface area contributed by atoms with E-state index < -0.39 is 0 Å². The molecule has 40 valence electrons. The molecule has 7 heavy (non-hydrogen) atoms. The minimum Gasteiger partial charge on any atom is -0.178 e. The quantitative estimate of drug-likeness (QED) is 0.220. The molecule has 0 atom stereocenters. The summed E-state index contributed by atoms with van der Waals surface area (Å²) >= 11 is 0. The fourth-order valence-corrected chi connectivity index (χ4v) is 0.0566. The zero-order valence-corrected chi connectivity index (χ0v) is 3.53. The van der Waals surface area contributed by atoms with Gasteiger partial charge in [-0.2, -0.15) is 9.98 Å². The molecule has 0 heterocycles.